The number of thioether (sulfide) groups is 1. The summed E-state index contributed by atoms with van der Waals surface area (Å²) in [5, 5.41) is 0.979. The summed E-state index contributed by atoms with van der Waals surface area (Å²) in [7, 11) is 3.88. The Morgan fingerprint density at radius 3 is 3.00 bits per heavy atom. The molecule has 1 fully saturated rings. The molecule has 1 atom stereocenters. The van der Waals surface area contributed by atoms with E-state index in [0.29, 0.717) is 0 Å². The first-order chi connectivity index (χ1) is 4.43. The summed E-state index contributed by atoms with van der Waals surface area (Å²) in [6.07, 6.45) is 1.96. The highest BCUT2D eigenvalue weighted by atomic mass is 33.1. The van der Waals surface area contributed by atoms with Crippen molar-refractivity contribution in [2.45, 2.75) is 5.25 Å². The summed E-state index contributed by atoms with van der Waals surface area (Å²) in [4.78, 5) is 0. The second-order valence-electron chi connectivity index (χ2n) is 1.81. The van der Waals surface area contributed by atoms with Crippen molar-refractivity contribution in [2.24, 2.45) is 0 Å². The zero-order chi connectivity index (χ0) is 6.53. The lowest BCUT2D eigenvalue weighted by Crippen LogP contribution is -1.83. The van der Waals surface area contributed by atoms with Crippen LogP contribution in [0, 0.1) is 0 Å². The molecule has 0 aromatic rings. The average molecular weight is 178 g/mol. The van der Waals surface area contributed by atoms with Crippen LogP contribution < -0.4 is 0 Å². The highest BCUT2D eigenvalue weighted by Gasteiger charge is 2.21. The van der Waals surface area contributed by atoms with Gasteiger partial charge in [-0.15, -0.1) is 6.58 Å². The van der Waals surface area contributed by atoms with Crippen LogP contribution in [0.15, 0.2) is 12.7 Å². The summed E-state index contributed by atoms with van der Waals surface area (Å²) in [5.41, 5.74) is 0. The standard InChI is InChI=1S/C6H10S3/c1-2-3-8-9-5-6-4-7-6/h2,6H,1,3-5H2. The predicted octanol–water partition coefficient (Wildman–Crippen LogP) is 2.67. The lowest BCUT2D eigenvalue weighted by molar-refractivity contribution is 1.28. The Bertz CT molecular complexity index is 88.3. The van der Waals surface area contributed by atoms with E-state index in [-0.39, 0.29) is 0 Å². The van der Waals surface area contributed by atoms with E-state index in [0.717, 1.165) is 11.0 Å². The molecule has 1 unspecified atom stereocenters. The number of hydrogen-bond acceptors (Lipinski definition) is 3. The summed E-state index contributed by atoms with van der Waals surface area (Å²) in [6.45, 7) is 3.65. The third kappa shape index (κ3) is 4.23. The minimum atomic E-state index is 0.979. The maximum absolute atomic E-state index is 3.65. The molecule has 0 N–H and O–H groups in total. The van der Waals surface area contributed by atoms with E-state index in [1.165, 1.54) is 11.5 Å². The second-order valence-corrected chi connectivity index (χ2v) is 5.70. The van der Waals surface area contributed by atoms with Crippen LogP contribution >= 0.6 is 33.3 Å². The van der Waals surface area contributed by atoms with Gasteiger partial charge in [-0.2, -0.15) is 11.8 Å². The monoisotopic (exact) mass is 178 g/mol. The summed E-state index contributed by atoms with van der Waals surface area (Å²) in [6, 6.07) is 0. The van der Waals surface area contributed by atoms with E-state index in [1.807, 2.05) is 27.7 Å². The van der Waals surface area contributed by atoms with Crippen LogP contribution in [0.2, 0.25) is 0 Å². The molecule has 1 aliphatic rings. The molecule has 0 saturated carbocycles. The average Bonchev–Trinajstić information content (AvgIpc) is 2.63. The summed E-state index contributed by atoms with van der Waals surface area (Å²) < 4.78 is 0. The van der Waals surface area contributed by atoms with Gasteiger partial charge in [0.1, 0.15) is 0 Å². The van der Waals surface area contributed by atoms with Crippen LogP contribution in [0.25, 0.3) is 0 Å². The van der Waals surface area contributed by atoms with Crippen LogP contribution in [0.3, 0.4) is 0 Å². The molecule has 3 heteroatoms. The Hall–Kier alpha value is 0.790. The zero-order valence-corrected chi connectivity index (χ0v) is 7.66. The lowest BCUT2D eigenvalue weighted by atomic mass is 10.6. The Morgan fingerprint density at radius 1 is 1.67 bits per heavy atom. The largest absolute Gasteiger partial charge is 0.156 e. The molecular formula is C6H10S3. The van der Waals surface area contributed by atoms with E-state index in [1.54, 1.807) is 0 Å². The molecule has 9 heavy (non-hydrogen) atoms. The van der Waals surface area contributed by atoms with Gasteiger partial charge in [0, 0.05) is 22.5 Å². The Morgan fingerprint density at radius 2 is 2.44 bits per heavy atom. The molecule has 0 aliphatic carbocycles. The first-order valence-electron chi connectivity index (χ1n) is 2.90. The first kappa shape index (κ1) is 7.89. The van der Waals surface area contributed by atoms with E-state index < -0.39 is 0 Å². The van der Waals surface area contributed by atoms with Crippen LogP contribution in [0.5, 0.6) is 0 Å². The highest BCUT2D eigenvalue weighted by Crippen LogP contribution is 2.36. The molecule has 0 spiro atoms. The van der Waals surface area contributed by atoms with Crippen LogP contribution in [0.4, 0.5) is 0 Å². The first-order valence-corrected chi connectivity index (χ1v) is 6.44. The molecule has 1 aliphatic heterocycles. The number of hydrogen-bond donors (Lipinski definition) is 0. The van der Waals surface area contributed by atoms with Gasteiger partial charge in [0.25, 0.3) is 0 Å². The summed E-state index contributed by atoms with van der Waals surface area (Å²) >= 11 is 2.07. The van der Waals surface area contributed by atoms with Crippen LogP contribution in [-0.2, 0) is 0 Å². The molecule has 1 rings (SSSR count). The fourth-order valence-corrected chi connectivity index (χ4v) is 3.55. The van der Waals surface area contributed by atoms with Crippen molar-refractivity contribution < 1.29 is 0 Å². The van der Waals surface area contributed by atoms with Gasteiger partial charge in [-0.3, -0.25) is 0 Å². The van der Waals surface area contributed by atoms with Gasteiger partial charge in [-0.05, 0) is 0 Å². The summed E-state index contributed by atoms with van der Waals surface area (Å²) in [5.74, 6) is 3.80. The molecule has 52 valence electrons. The predicted molar refractivity (Wildman–Crippen MR) is 51.4 cm³/mol. The van der Waals surface area contributed by atoms with Crippen molar-refractivity contribution in [1.82, 2.24) is 0 Å². The van der Waals surface area contributed by atoms with Crippen molar-refractivity contribution in [2.75, 3.05) is 17.3 Å². The minimum Gasteiger partial charge on any atom is -0.156 e. The minimum absolute atomic E-state index is 0.979. The molecule has 0 radical (unpaired) electrons. The van der Waals surface area contributed by atoms with Crippen molar-refractivity contribution >= 4 is 33.3 Å². The molecule has 1 heterocycles. The van der Waals surface area contributed by atoms with E-state index in [2.05, 4.69) is 18.3 Å². The fraction of sp³-hybridized carbons (Fsp3) is 0.667. The Balaban J connectivity index is 1.75. The number of rotatable bonds is 5. The molecule has 0 aromatic heterocycles. The molecule has 0 amide bonds. The van der Waals surface area contributed by atoms with Gasteiger partial charge in [-0.1, -0.05) is 27.7 Å². The third-order valence-electron chi connectivity index (χ3n) is 0.926. The normalized spacial score (nSPS) is 23.8. The molecule has 1 saturated heterocycles. The van der Waals surface area contributed by atoms with Gasteiger partial charge in [0.15, 0.2) is 0 Å². The fourth-order valence-electron chi connectivity index (χ4n) is 0.384. The second kappa shape index (κ2) is 4.58. The maximum Gasteiger partial charge on any atom is 0.0237 e. The van der Waals surface area contributed by atoms with Gasteiger partial charge in [0.05, 0.1) is 0 Å². The lowest BCUT2D eigenvalue weighted by Gasteiger charge is -1.92. The van der Waals surface area contributed by atoms with Gasteiger partial charge in [0.2, 0.25) is 0 Å². The van der Waals surface area contributed by atoms with E-state index in [4.69, 9.17) is 0 Å². The zero-order valence-electron chi connectivity index (χ0n) is 5.21. The van der Waals surface area contributed by atoms with Crippen molar-refractivity contribution in [3.63, 3.8) is 0 Å². The van der Waals surface area contributed by atoms with Gasteiger partial charge < -0.3 is 0 Å². The SMILES string of the molecule is C=CCSSCC1CS1. The third-order valence-corrected chi connectivity index (χ3v) is 4.50. The maximum atomic E-state index is 3.65. The van der Waals surface area contributed by atoms with Crippen molar-refractivity contribution in [1.29, 1.82) is 0 Å². The van der Waals surface area contributed by atoms with Crippen molar-refractivity contribution in [3.05, 3.63) is 12.7 Å². The van der Waals surface area contributed by atoms with Crippen LogP contribution in [0.1, 0.15) is 0 Å². The molecule has 0 nitrogen and oxygen atoms in total. The van der Waals surface area contributed by atoms with Gasteiger partial charge >= 0.3 is 0 Å². The highest BCUT2D eigenvalue weighted by molar-refractivity contribution is 8.76. The Kier molecular flexibility index (Phi) is 4.02. The van der Waals surface area contributed by atoms with E-state index >= 15 is 0 Å². The molecule has 0 bridgehead atoms. The quantitative estimate of drug-likeness (QED) is 0.275. The van der Waals surface area contributed by atoms with E-state index in [9.17, 15) is 0 Å². The Labute approximate surface area is 68.6 Å². The molecular weight excluding hydrogens is 168 g/mol. The smallest absolute Gasteiger partial charge is 0.0237 e. The topological polar surface area (TPSA) is 0 Å². The molecule has 0 aromatic carbocycles. The van der Waals surface area contributed by atoms with Crippen LogP contribution in [-0.4, -0.2) is 22.5 Å². The van der Waals surface area contributed by atoms with Gasteiger partial charge in [-0.25, -0.2) is 0 Å². The van der Waals surface area contributed by atoms with Crippen molar-refractivity contribution in [3.8, 4) is 0 Å².